The molecule has 1 aromatic carbocycles. The number of carbonyl (C=O) groups excluding carboxylic acids is 1. The monoisotopic (exact) mass is 359 g/mol. The summed E-state index contributed by atoms with van der Waals surface area (Å²) in [6, 6.07) is 8.09. The molecule has 0 atom stereocenters. The summed E-state index contributed by atoms with van der Waals surface area (Å²) in [7, 11) is 0. The van der Waals surface area contributed by atoms with Gasteiger partial charge < -0.3 is 11.1 Å². The van der Waals surface area contributed by atoms with Crippen LogP contribution in [-0.4, -0.2) is 10.9 Å². The molecule has 0 aliphatic carbocycles. The first-order valence-electron chi connectivity index (χ1n) is 5.16. The lowest BCUT2D eigenvalue weighted by Gasteiger charge is -2.07. The summed E-state index contributed by atoms with van der Waals surface area (Å²) in [5.74, 6) is -0.223. The fourth-order valence-electron chi connectivity index (χ4n) is 1.38. The third-order valence-corrected chi connectivity index (χ3v) is 3.80. The molecule has 2 rings (SSSR count). The number of nitrogens with one attached hydrogen (secondary N) is 1. The fraction of sp³-hybridized carbons (Fsp3) is 0. The molecule has 3 N–H and O–H groups in total. The number of benzene rings is 1. The summed E-state index contributed by atoms with van der Waals surface area (Å²) >= 11 is 15.1. The Balaban J connectivity index is 2.25. The van der Waals surface area contributed by atoms with E-state index in [1.54, 1.807) is 18.2 Å². The second-order valence-electron chi connectivity index (χ2n) is 3.65. The largest absolute Gasteiger partial charge is 0.384 e. The van der Waals surface area contributed by atoms with Gasteiger partial charge in [-0.2, -0.15) is 0 Å². The molecule has 98 valence electrons. The second kappa shape index (κ2) is 5.77. The third kappa shape index (κ3) is 3.37. The number of nitrogens with zero attached hydrogens (tertiary/aromatic N) is 1. The van der Waals surface area contributed by atoms with Crippen molar-refractivity contribution < 1.29 is 4.79 Å². The minimum Gasteiger partial charge on any atom is -0.384 e. The molecule has 2 aromatic rings. The van der Waals surface area contributed by atoms with E-state index in [0.717, 1.165) is 4.47 Å². The van der Waals surface area contributed by atoms with Gasteiger partial charge in [-0.3, -0.25) is 4.79 Å². The highest BCUT2D eigenvalue weighted by molar-refractivity contribution is 9.10. The summed E-state index contributed by atoms with van der Waals surface area (Å²) in [5, 5.41) is 3.37. The number of hydrogen-bond donors (Lipinski definition) is 2. The van der Waals surface area contributed by atoms with E-state index in [-0.39, 0.29) is 16.5 Å². The maximum absolute atomic E-state index is 12.0. The molecule has 7 heteroatoms. The Hall–Kier alpha value is -1.30. The number of carbonyl (C=O) groups is 1. The zero-order valence-electron chi connectivity index (χ0n) is 9.45. The van der Waals surface area contributed by atoms with Crippen LogP contribution in [0.5, 0.6) is 0 Å². The number of nitrogen functional groups attached to an aromatic ring is 1. The number of aromatic nitrogens is 1. The number of halogens is 3. The molecular weight excluding hydrogens is 353 g/mol. The maximum Gasteiger partial charge on any atom is 0.275 e. The highest BCUT2D eigenvalue weighted by Gasteiger charge is 2.13. The van der Waals surface area contributed by atoms with E-state index >= 15 is 0 Å². The Morgan fingerprint density at radius 2 is 1.95 bits per heavy atom. The number of nitrogens with two attached hydrogens (primary N) is 1. The van der Waals surface area contributed by atoms with Crippen molar-refractivity contribution in [1.82, 2.24) is 4.98 Å². The lowest BCUT2D eigenvalue weighted by atomic mass is 10.3. The number of hydrogen-bond acceptors (Lipinski definition) is 3. The Bertz CT molecular complexity index is 649. The van der Waals surface area contributed by atoms with E-state index in [4.69, 9.17) is 28.9 Å². The molecule has 0 saturated heterocycles. The average Bonchev–Trinajstić information content (AvgIpc) is 2.36. The van der Waals surface area contributed by atoms with Crippen molar-refractivity contribution in [3.8, 4) is 0 Å². The molecule has 1 aromatic heterocycles. The minimum absolute atomic E-state index is 0.0701. The van der Waals surface area contributed by atoms with Gasteiger partial charge in [0.05, 0.1) is 10.0 Å². The van der Waals surface area contributed by atoms with Crippen LogP contribution in [0.1, 0.15) is 10.5 Å². The molecule has 1 amide bonds. The molecule has 1 heterocycles. The SMILES string of the molecule is Nc1ccc(Cl)c(C(=O)Nc2ccc(Br)c(Cl)c2)n1. The van der Waals surface area contributed by atoms with Crippen molar-refractivity contribution >= 4 is 56.5 Å². The van der Waals surface area contributed by atoms with Crippen molar-refractivity contribution in [1.29, 1.82) is 0 Å². The van der Waals surface area contributed by atoms with Crippen molar-refractivity contribution in [3.05, 3.63) is 50.5 Å². The van der Waals surface area contributed by atoms with Crippen molar-refractivity contribution in [3.63, 3.8) is 0 Å². The first-order chi connectivity index (χ1) is 8.97. The number of anilines is 2. The topological polar surface area (TPSA) is 68.0 Å². The van der Waals surface area contributed by atoms with Crippen LogP contribution in [0.4, 0.5) is 11.5 Å². The zero-order chi connectivity index (χ0) is 14.0. The Labute approximate surface area is 128 Å². The van der Waals surface area contributed by atoms with Gasteiger partial charge in [0.15, 0.2) is 0 Å². The van der Waals surface area contributed by atoms with E-state index in [2.05, 4.69) is 26.2 Å². The molecule has 0 bridgehead atoms. The first-order valence-corrected chi connectivity index (χ1v) is 6.70. The van der Waals surface area contributed by atoms with E-state index in [0.29, 0.717) is 10.7 Å². The standard InChI is InChI=1S/C12H8BrCl2N3O/c13-7-2-1-6(5-9(7)15)17-12(19)11-8(14)3-4-10(16)18-11/h1-5H,(H2,16,18)(H,17,19). The van der Waals surface area contributed by atoms with Crippen LogP contribution in [-0.2, 0) is 0 Å². The number of amides is 1. The van der Waals surface area contributed by atoms with Gasteiger partial charge in [0.2, 0.25) is 0 Å². The molecule has 4 nitrogen and oxygen atoms in total. The van der Waals surface area contributed by atoms with E-state index in [1.807, 2.05) is 0 Å². The summed E-state index contributed by atoms with van der Waals surface area (Å²) < 4.78 is 0.743. The Morgan fingerprint density at radius 3 is 2.63 bits per heavy atom. The molecule has 0 unspecified atom stereocenters. The van der Waals surface area contributed by atoms with Crippen LogP contribution in [0.25, 0.3) is 0 Å². The molecule has 0 aliphatic rings. The quantitative estimate of drug-likeness (QED) is 0.850. The van der Waals surface area contributed by atoms with Crippen molar-refractivity contribution in [2.24, 2.45) is 0 Å². The Morgan fingerprint density at radius 1 is 1.21 bits per heavy atom. The van der Waals surface area contributed by atoms with Crippen molar-refractivity contribution in [2.45, 2.75) is 0 Å². The van der Waals surface area contributed by atoms with Crippen LogP contribution in [0.3, 0.4) is 0 Å². The molecule has 0 fully saturated rings. The smallest absolute Gasteiger partial charge is 0.275 e. The molecular formula is C12H8BrCl2N3O. The maximum atomic E-state index is 12.0. The predicted octanol–water partition coefficient (Wildman–Crippen LogP) is 3.99. The summed E-state index contributed by atoms with van der Waals surface area (Å²) in [6.45, 7) is 0. The van der Waals surface area contributed by atoms with E-state index in [9.17, 15) is 4.79 Å². The first kappa shape index (κ1) is 14.1. The van der Waals surface area contributed by atoms with Crippen LogP contribution >= 0.6 is 39.1 Å². The molecule has 19 heavy (non-hydrogen) atoms. The molecule has 0 saturated carbocycles. The van der Waals surface area contributed by atoms with Crippen LogP contribution in [0.2, 0.25) is 10.0 Å². The lowest BCUT2D eigenvalue weighted by molar-refractivity contribution is 0.102. The molecule has 0 aliphatic heterocycles. The van der Waals surface area contributed by atoms with Crippen LogP contribution < -0.4 is 11.1 Å². The highest BCUT2D eigenvalue weighted by atomic mass is 79.9. The van der Waals surface area contributed by atoms with Gasteiger partial charge in [0.1, 0.15) is 11.5 Å². The van der Waals surface area contributed by atoms with Gasteiger partial charge >= 0.3 is 0 Å². The summed E-state index contributed by atoms with van der Waals surface area (Å²) in [4.78, 5) is 15.9. The summed E-state index contributed by atoms with van der Waals surface area (Å²) in [6.07, 6.45) is 0. The van der Waals surface area contributed by atoms with E-state index < -0.39 is 5.91 Å². The summed E-state index contributed by atoms with van der Waals surface area (Å²) in [5.41, 5.74) is 6.14. The fourth-order valence-corrected chi connectivity index (χ4v) is 2.00. The normalized spacial score (nSPS) is 10.3. The minimum atomic E-state index is -0.448. The number of rotatable bonds is 2. The second-order valence-corrected chi connectivity index (χ2v) is 5.32. The van der Waals surface area contributed by atoms with Crippen LogP contribution in [0.15, 0.2) is 34.8 Å². The molecule has 0 radical (unpaired) electrons. The number of pyridine rings is 1. The van der Waals surface area contributed by atoms with Gasteiger partial charge in [-0.05, 0) is 46.3 Å². The zero-order valence-corrected chi connectivity index (χ0v) is 12.6. The lowest BCUT2D eigenvalue weighted by Crippen LogP contribution is -2.15. The van der Waals surface area contributed by atoms with Crippen molar-refractivity contribution in [2.75, 3.05) is 11.1 Å². The average molecular weight is 361 g/mol. The Kier molecular flexibility index (Phi) is 4.29. The molecule has 0 spiro atoms. The third-order valence-electron chi connectivity index (χ3n) is 2.26. The van der Waals surface area contributed by atoms with Gasteiger partial charge in [-0.15, -0.1) is 0 Å². The van der Waals surface area contributed by atoms with Gasteiger partial charge in [-0.1, -0.05) is 23.2 Å². The van der Waals surface area contributed by atoms with E-state index in [1.165, 1.54) is 12.1 Å². The van der Waals surface area contributed by atoms with Gasteiger partial charge in [-0.25, -0.2) is 4.98 Å². The van der Waals surface area contributed by atoms with Gasteiger partial charge in [0.25, 0.3) is 5.91 Å². The van der Waals surface area contributed by atoms with Gasteiger partial charge in [0, 0.05) is 10.2 Å². The van der Waals surface area contributed by atoms with Crippen LogP contribution in [0, 0.1) is 0 Å². The predicted molar refractivity (Wildman–Crippen MR) is 80.8 cm³/mol. The highest BCUT2D eigenvalue weighted by Crippen LogP contribution is 2.26.